The number of aliphatic hydroxyl groups is 1. The summed E-state index contributed by atoms with van der Waals surface area (Å²) in [6.45, 7) is 3.06. The van der Waals surface area contributed by atoms with Crippen LogP contribution in [0, 0.1) is 0 Å². The Morgan fingerprint density at radius 1 is 1.02 bits per heavy atom. The number of aromatic nitrogens is 4. The van der Waals surface area contributed by atoms with Gasteiger partial charge in [-0.05, 0) is 46.2 Å². The molecule has 0 aliphatic carbocycles. The van der Waals surface area contributed by atoms with Crippen LogP contribution in [0.25, 0.3) is 5.69 Å². The molecule has 43 heavy (non-hydrogen) atoms. The summed E-state index contributed by atoms with van der Waals surface area (Å²) in [7, 11) is 0. The van der Waals surface area contributed by atoms with Crippen LogP contribution in [0.2, 0.25) is 0 Å². The highest BCUT2D eigenvalue weighted by molar-refractivity contribution is 7.99. The highest BCUT2D eigenvalue weighted by Crippen LogP contribution is 2.39. The van der Waals surface area contributed by atoms with Gasteiger partial charge in [-0.3, -0.25) is 9.59 Å². The van der Waals surface area contributed by atoms with E-state index in [0.717, 1.165) is 27.9 Å². The monoisotopic (exact) mass is 603 g/mol. The molecular formula is C31H33N5O6S. The van der Waals surface area contributed by atoms with Crippen LogP contribution < -0.4 is 5.32 Å². The molecule has 1 amide bonds. The van der Waals surface area contributed by atoms with Crippen molar-refractivity contribution in [3.8, 4) is 5.69 Å². The van der Waals surface area contributed by atoms with Gasteiger partial charge in [0.05, 0.1) is 24.5 Å². The summed E-state index contributed by atoms with van der Waals surface area (Å²) in [5.41, 5.74) is 4.41. The molecule has 0 radical (unpaired) electrons. The quantitative estimate of drug-likeness (QED) is 0.191. The van der Waals surface area contributed by atoms with Crippen molar-refractivity contribution in [2.24, 2.45) is 0 Å². The van der Waals surface area contributed by atoms with Crippen molar-refractivity contribution in [3.63, 3.8) is 0 Å². The van der Waals surface area contributed by atoms with Crippen LogP contribution in [0.1, 0.15) is 54.9 Å². The number of thioether (sulfide) groups is 1. The summed E-state index contributed by atoms with van der Waals surface area (Å²) in [4.78, 5) is 23.3. The largest absolute Gasteiger partial charge is 0.453 e. The molecule has 1 aliphatic heterocycles. The molecule has 5 rings (SSSR count). The number of aliphatic hydroxyl groups excluding tert-OH is 1. The van der Waals surface area contributed by atoms with Crippen LogP contribution in [0.15, 0.2) is 84.0 Å². The first kappa shape index (κ1) is 30.4. The molecule has 1 aliphatic rings. The predicted octanol–water partition coefficient (Wildman–Crippen LogP) is 4.06. The zero-order chi connectivity index (χ0) is 30.2. The van der Waals surface area contributed by atoms with E-state index in [0.29, 0.717) is 17.3 Å². The van der Waals surface area contributed by atoms with Crippen molar-refractivity contribution < 1.29 is 28.9 Å². The van der Waals surface area contributed by atoms with E-state index in [9.17, 15) is 14.7 Å². The molecule has 2 heterocycles. The molecule has 4 aromatic rings. The van der Waals surface area contributed by atoms with Crippen LogP contribution in [0.5, 0.6) is 0 Å². The number of ether oxygens (including phenoxy) is 3. The van der Waals surface area contributed by atoms with E-state index in [1.807, 2.05) is 78.9 Å². The Balaban J connectivity index is 1.28. The number of para-hydroxylation sites is 1. The van der Waals surface area contributed by atoms with Gasteiger partial charge in [-0.25, -0.2) is 0 Å². The fourth-order valence-corrected chi connectivity index (χ4v) is 5.53. The summed E-state index contributed by atoms with van der Waals surface area (Å²) in [5.74, 6) is -0.274. The number of carbonyl (C=O) groups is 2. The molecule has 224 valence electrons. The van der Waals surface area contributed by atoms with E-state index in [2.05, 4.69) is 20.8 Å². The van der Waals surface area contributed by atoms with Crippen molar-refractivity contribution in [2.45, 2.75) is 63.2 Å². The Bertz CT molecular complexity index is 1500. The molecule has 0 spiro atoms. The molecule has 0 bridgehead atoms. The van der Waals surface area contributed by atoms with Gasteiger partial charge in [0.2, 0.25) is 5.16 Å². The van der Waals surface area contributed by atoms with E-state index < -0.39 is 18.4 Å². The molecule has 1 saturated heterocycles. The summed E-state index contributed by atoms with van der Waals surface area (Å²) < 4.78 is 19.5. The Hall–Kier alpha value is -4.10. The van der Waals surface area contributed by atoms with Gasteiger partial charge in [-0.1, -0.05) is 78.5 Å². The highest BCUT2D eigenvalue weighted by Gasteiger charge is 2.32. The SMILES string of the molecule is CC(=O)O[C@@H](C)C(=O)NCc1ccc([C@H]2O[C@@H](CSc3nnnn3-c3ccccc3)C[C@@H](c3ccc(CO)cc3)O2)cc1. The standard InChI is InChI=1S/C31H33N5O6S/c1-20(40-21(2)38)29(39)32-17-22-8-14-25(15-9-22)30-41-27(16-28(42-30)24-12-10-23(18-37)11-13-24)19-43-31-33-34-35-36(31)26-6-4-3-5-7-26/h3-15,20,27-28,30,37H,16-19H2,1-2H3,(H,32,39)/t20-,27+,28-,30-/m0/s1. The van der Waals surface area contributed by atoms with E-state index >= 15 is 0 Å². The van der Waals surface area contributed by atoms with Crippen molar-refractivity contribution in [2.75, 3.05) is 5.75 Å². The van der Waals surface area contributed by atoms with E-state index in [-0.39, 0.29) is 31.3 Å². The van der Waals surface area contributed by atoms with Gasteiger partial charge < -0.3 is 24.6 Å². The molecule has 12 heteroatoms. The lowest BCUT2D eigenvalue weighted by molar-refractivity contribution is -0.245. The first-order valence-corrected chi connectivity index (χ1v) is 14.9. The zero-order valence-corrected chi connectivity index (χ0v) is 24.6. The molecule has 0 unspecified atom stereocenters. The van der Waals surface area contributed by atoms with E-state index in [1.165, 1.54) is 25.6 Å². The Morgan fingerprint density at radius 2 is 1.72 bits per heavy atom. The fraction of sp³-hybridized carbons (Fsp3) is 0.323. The third kappa shape index (κ3) is 8.05. The maximum absolute atomic E-state index is 12.2. The van der Waals surface area contributed by atoms with Crippen LogP contribution in [-0.4, -0.2) is 55.2 Å². The van der Waals surface area contributed by atoms with Crippen molar-refractivity contribution in [1.29, 1.82) is 0 Å². The number of hydrogen-bond donors (Lipinski definition) is 2. The van der Waals surface area contributed by atoms with E-state index in [4.69, 9.17) is 14.2 Å². The molecule has 4 atom stereocenters. The Kier molecular flexibility index (Phi) is 10.2. The Morgan fingerprint density at radius 3 is 2.42 bits per heavy atom. The predicted molar refractivity (Wildman–Crippen MR) is 158 cm³/mol. The molecular weight excluding hydrogens is 570 g/mol. The third-order valence-corrected chi connectivity index (χ3v) is 7.94. The fourth-order valence-electron chi connectivity index (χ4n) is 4.62. The number of rotatable bonds is 11. The number of nitrogens with zero attached hydrogens (tertiary/aromatic N) is 4. The number of esters is 1. The van der Waals surface area contributed by atoms with Gasteiger partial charge >= 0.3 is 5.97 Å². The number of nitrogens with one attached hydrogen (secondary N) is 1. The second-order valence-electron chi connectivity index (χ2n) is 10.1. The summed E-state index contributed by atoms with van der Waals surface area (Å²) in [5, 5.41) is 25.1. The summed E-state index contributed by atoms with van der Waals surface area (Å²) in [6.07, 6.45) is -1.27. The second kappa shape index (κ2) is 14.4. The minimum absolute atomic E-state index is 0.0254. The minimum Gasteiger partial charge on any atom is -0.453 e. The topological polar surface area (TPSA) is 138 Å². The van der Waals surface area contributed by atoms with Gasteiger partial charge in [-0.2, -0.15) is 4.68 Å². The summed E-state index contributed by atoms with van der Waals surface area (Å²) >= 11 is 1.51. The second-order valence-corrected chi connectivity index (χ2v) is 11.1. The van der Waals surface area contributed by atoms with Crippen LogP contribution >= 0.6 is 11.8 Å². The maximum atomic E-state index is 12.2. The van der Waals surface area contributed by atoms with Gasteiger partial charge in [0.1, 0.15) is 0 Å². The van der Waals surface area contributed by atoms with Gasteiger partial charge in [0.25, 0.3) is 5.91 Å². The third-order valence-electron chi connectivity index (χ3n) is 6.89. The number of carbonyl (C=O) groups excluding carboxylic acids is 2. The van der Waals surface area contributed by atoms with Gasteiger partial charge in [0, 0.05) is 31.2 Å². The molecule has 1 aromatic heterocycles. The first-order valence-electron chi connectivity index (χ1n) is 13.9. The van der Waals surface area contributed by atoms with Crippen LogP contribution in [0.4, 0.5) is 0 Å². The number of amides is 1. The molecule has 11 nitrogen and oxygen atoms in total. The minimum atomic E-state index is -0.865. The van der Waals surface area contributed by atoms with Crippen molar-refractivity contribution in [3.05, 3.63) is 101 Å². The lowest BCUT2D eigenvalue weighted by Crippen LogP contribution is -2.35. The average molecular weight is 604 g/mol. The number of tetrazole rings is 1. The molecule has 1 fully saturated rings. The van der Waals surface area contributed by atoms with Gasteiger partial charge in [0.15, 0.2) is 12.4 Å². The Labute approximate surface area is 253 Å². The molecule has 3 aromatic carbocycles. The van der Waals surface area contributed by atoms with Gasteiger partial charge in [-0.15, -0.1) is 5.10 Å². The summed E-state index contributed by atoms with van der Waals surface area (Å²) in [6, 6.07) is 25.1. The van der Waals surface area contributed by atoms with Crippen LogP contribution in [0.3, 0.4) is 0 Å². The molecule has 0 saturated carbocycles. The lowest BCUT2D eigenvalue weighted by atomic mass is 10.0. The highest BCUT2D eigenvalue weighted by atomic mass is 32.2. The number of benzene rings is 3. The van der Waals surface area contributed by atoms with E-state index in [1.54, 1.807) is 4.68 Å². The maximum Gasteiger partial charge on any atom is 0.303 e. The van der Waals surface area contributed by atoms with Crippen LogP contribution in [-0.2, 0) is 37.0 Å². The normalized spacial score (nSPS) is 19.0. The smallest absolute Gasteiger partial charge is 0.303 e. The zero-order valence-electron chi connectivity index (χ0n) is 23.8. The average Bonchev–Trinajstić information content (AvgIpc) is 3.51. The lowest BCUT2D eigenvalue weighted by Gasteiger charge is -2.36. The first-order chi connectivity index (χ1) is 20.9. The number of hydrogen-bond acceptors (Lipinski definition) is 10. The molecule has 2 N–H and O–H groups in total. The van der Waals surface area contributed by atoms with Crippen molar-refractivity contribution >= 4 is 23.6 Å². The van der Waals surface area contributed by atoms with Crippen molar-refractivity contribution in [1.82, 2.24) is 25.5 Å².